The number of aryl methyl sites for hydroxylation is 1. The minimum Gasteiger partial charge on any atom is -0.459 e. The van der Waals surface area contributed by atoms with E-state index >= 15 is 0 Å². The van der Waals surface area contributed by atoms with E-state index in [4.69, 9.17) is 4.74 Å². The molecule has 1 amide bonds. The zero-order chi connectivity index (χ0) is 15.9. The molecule has 21 heavy (non-hydrogen) atoms. The van der Waals surface area contributed by atoms with E-state index in [-0.39, 0.29) is 18.4 Å². The Morgan fingerprint density at radius 3 is 2.29 bits per heavy atom. The highest BCUT2D eigenvalue weighted by Gasteiger charge is 2.15. The van der Waals surface area contributed by atoms with Crippen molar-refractivity contribution in [2.75, 3.05) is 19.6 Å². The molecule has 0 heterocycles. The Morgan fingerprint density at radius 1 is 1.10 bits per heavy atom. The van der Waals surface area contributed by atoms with Gasteiger partial charge in [0, 0.05) is 18.7 Å². The quantitative estimate of drug-likeness (QED) is 0.618. The van der Waals surface area contributed by atoms with Crippen molar-refractivity contribution in [3.63, 3.8) is 0 Å². The van der Waals surface area contributed by atoms with Crippen molar-refractivity contribution in [2.45, 2.75) is 33.3 Å². The molecule has 0 aliphatic rings. The van der Waals surface area contributed by atoms with Crippen LogP contribution in [-0.2, 0) is 9.53 Å². The summed E-state index contributed by atoms with van der Waals surface area (Å²) in [5.74, 6) is -0.415. The molecule has 1 rings (SSSR count). The van der Waals surface area contributed by atoms with E-state index in [0.717, 1.165) is 5.56 Å². The first-order chi connectivity index (χ1) is 9.78. The lowest BCUT2D eigenvalue weighted by molar-refractivity contribution is -0.153. The first kappa shape index (κ1) is 17.2. The van der Waals surface area contributed by atoms with Crippen molar-refractivity contribution in [1.82, 2.24) is 10.6 Å². The maximum absolute atomic E-state index is 11.8. The molecule has 0 aromatic heterocycles. The highest BCUT2D eigenvalue weighted by Crippen LogP contribution is 2.06. The number of nitrogens with one attached hydrogen (secondary N) is 2. The number of hydrogen-bond acceptors (Lipinski definition) is 4. The van der Waals surface area contributed by atoms with Crippen molar-refractivity contribution >= 4 is 11.9 Å². The number of carbonyl (C=O) groups excluding carboxylic acids is 2. The minimum absolute atomic E-state index is 0.117. The van der Waals surface area contributed by atoms with E-state index in [2.05, 4.69) is 10.6 Å². The molecule has 0 atom stereocenters. The average Bonchev–Trinajstić information content (AvgIpc) is 2.36. The molecule has 1 aromatic rings. The molecule has 5 heteroatoms. The molecule has 2 N–H and O–H groups in total. The lowest BCUT2D eigenvalue weighted by Gasteiger charge is -2.19. The second-order valence-electron chi connectivity index (χ2n) is 5.89. The van der Waals surface area contributed by atoms with Crippen LogP contribution in [0, 0.1) is 6.92 Å². The Bertz CT molecular complexity index is 475. The zero-order valence-corrected chi connectivity index (χ0v) is 13.2. The summed E-state index contributed by atoms with van der Waals surface area (Å²) < 4.78 is 5.16. The van der Waals surface area contributed by atoms with Crippen LogP contribution >= 0.6 is 0 Å². The van der Waals surface area contributed by atoms with Crippen LogP contribution in [0.1, 0.15) is 36.7 Å². The van der Waals surface area contributed by atoms with E-state index in [1.807, 2.05) is 39.8 Å². The number of ether oxygens (including phenoxy) is 1. The van der Waals surface area contributed by atoms with Gasteiger partial charge in [0.1, 0.15) is 5.60 Å². The van der Waals surface area contributed by atoms with Gasteiger partial charge in [-0.2, -0.15) is 0 Å². The zero-order valence-electron chi connectivity index (χ0n) is 13.2. The second kappa shape index (κ2) is 7.78. The van der Waals surface area contributed by atoms with Gasteiger partial charge in [0.15, 0.2) is 0 Å². The van der Waals surface area contributed by atoms with E-state index in [1.165, 1.54) is 0 Å². The van der Waals surface area contributed by atoms with Gasteiger partial charge in [-0.25, -0.2) is 0 Å². The fourth-order valence-corrected chi connectivity index (χ4v) is 1.64. The van der Waals surface area contributed by atoms with Crippen molar-refractivity contribution < 1.29 is 14.3 Å². The van der Waals surface area contributed by atoms with Crippen molar-refractivity contribution in [1.29, 1.82) is 0 Å². The molecule has 116 valence electrons. The standard InChI is InChI=1S/C16H24N2O3/c1-12-5-7-13(8-6-12)15(20)18-10-9-17-11-14(19)21-16(2,3)4/h5-8,17H,9-11H2,1-4H3,(H,18,20). The Kier molecular flexibility index (Phi) is 6.37. The molecular weight excluding hydrogens is 268 g/mol. The smallest absolute Gasteiger partial charge is 0.320 e. The van der Waals surface area contributed by atoms with Gasteiger partial charge >= 0.3 is 5.97 Å². The number of esters is 1. The molecule has 0 spiro atoms. The largest absolute Gasteiger partial charge is 0.459 e. The summed E-state index contributed by atoms with van der Waals surface area (Å²) >= 11 is 0. The summed E-state index contributed by atoms with van der Waals surface area (Å²) in [6.07, 6.45) is 0. The summed E-state index contributed by atoms with van der Waals surface area (Å²) in [5, 5.41) is 5.72. The second-order valence-corrected chi connectivity index (χ2v) is 5.89. The van der Waals surface area contributed by atoms with Crippen LogP contribution in [0.2, 0.25) is 0 Å². The summed E-state index contributed by atoms with van der Waals surface area (Å²) in [4.78, 5) is 23.2. The Labute approximate surface area is 126 Å². The molecule has 0 saturated heterocycles. The molecule has 0 aliphatic heterocycles. The fraction of sp³-hybridized carbons (Fsp3) is 0.500. The number of carbonyl (C=O) groups is 2. The third kappa shape index (κ3) is 7.46. The third-order valence-electron chi connectivity index (χ3n) is 2.59. The van der Waals surface area contributed by atoms with E-state index in [0.29, 0.717) is 18.7 Å². The molecule has 1 aromatic carbocycles. The number of amides is 1. The predicted molar refractivity (Wildman–Crippen MR) is 82.2 cm³/mol. The van der Waals surface area contributed by atoms with Crippen LogP contribution in [0.4, 0.5) is 0 Å². The normalized spacial score (nSPS) is 11.0. The Balaban J connectivity index is 2.18. The molecular formula is C16H24N2O3. The van der Waals surface area contributed by atoms with Gasteiger partial charge in [0.2, 0.25) is 0 Å². The summed E-state index contributed by atoms with van der Waals surface area (Å²) in [5.41, 5.74) is 1.27. The van der Waals surface area contributed by atoms with Crippen molar-refractivity contribution in [3.05, 3.63) is 35.4 Å². The van der Waals surface area contributed by atoms with E-state index in [1.54, 1.807) is 12.1 Å². The Hall–Kier alpha value is -1.88. The molecule has 0 radical (unpaired) electrons. The number of rotatable bonds is 6. The van der Waals surface area contributed by atoms with Crippen molar-refractivity contribution in [3.8, 4) is 0 Å². The van der Waals surface area contributed by atoms with E-state index < -0.39 is 5.60 Å². The number of benzene rings is 1. The van der Waals surface area contributed by atoms with Crippen LogP contribution in [0.3, 0.4) is 0 Å². The first-order valence-corrected chi connectivity index (χ1v) is 7.05. The molecule has 0 bridgehead atoms. The lowest BCUT2D eigenvalue weighted by atomic mass is 10.1. The summed E-state index contributed by atoms with van der Waals surface area (Å²) in [7, 11) is 0. The molecule has 0 unspecified atom stereocenters. The van der Waals surface area contributed by atoms with Gasteiger partial charge in [-0.3, -0.25) is 9.59 Å². The van der Waals surface area contributed by atoms with Gasteiger partial charge < -0.3 is 15.4 Å². The van der Waals surface area contributed by atoms with Gasteiger partial charge in [0.05, 0.1) is 6.54 Å². The SMILES string of the molecule is Cc1ccc(C(=O)NCCNCC(=O)OC(C)(C)C)cc1. The molecule has 0 fully saturated rings. The topological polar surface area (TPSA) is 67.4 Å². The maximum Gasteiger partial charge on any atom is 0.320 e. The van der Waals surface area contributed by atoms with Crippen LogP contribution in [0.15, 0.2) is 24.3 Å². The van der Waals surface area contributed by atoms with Crippen molar-refractivity contribution in [2.24, 2.45) is 0 Å². The van der Waals surface area contributed by atoms with Crippen LogP contribution in [-0.4, -0.2) is 37.1 Å². The molecule has 0 saturated carbocycles. The molecule has 0 aliphatic carbocycles. The maximum atomic E-state index is 11.8. The van der Waals surface area contributed by atoms with Crippen LogP contribution in [0.25, 0.3) is 0 Å². The van der Waals surface area contributed by atoms with Crippen LogP contribution in [0.5, 0.6) is 0 Å². The predicted octanol–water partition coefficient (Wildman–Crippen LogP) is 1.66. The van der Waals surface area contributed by atoms with Crippen LogP contribution < -0.4 is 10.6 Å². The number of hydrogen-bond donors (Lipinski definition) is 2. The van der Waals surface area contributed by atoms with Gasteiger partial charge in [-0.05, 0) is 39.8 Å². The van der Waals surface area contributed by atoms with E-state index in [9.17, 15) is 9.59 Å². The van der Waals surface area contributed by atoms with Gasteiger partial charge in [0.25, 0.3) is 5.91 Å². The van der Waals surface area contributed by atoms with Gasteiger partial charge in [-0.15, -0.1) is 0 Å². The monoisotopic (exact) mass is 292 g/mol. The third-order valence-corrected chi connectivity index (χ3v) is 2.59. The fourth-order valence-electron chi connectivity index (χ4n) is 1.64. The first-order valence-electron chi connectivity index (χ1n) is 7.05. The average molecular weight is 292 g/mol. The highest BCUT2D eigenvalue weighted by molar-refractivity contribution is 5.94. The lowest BCUT2D eigenvalue weighted by Crippen LogP contribution is -2.36. The highest BCUT2D eigenvalue weighted by atomic mass is 16.6. The Morgan fingerprint density at radius 2 is 1.71 bits per heavy atom. The minimum atomic E-state index is -0.474. The summed E-state index contributed by atoms with van der Waals surface area (Å²) in [6.45, 7) is 8.55. The molecule has 5 nitrogen and oxygen atoms in total. The van der Waals surface area contributed by atoms with Gasteiger partial charge in [-0.1, -0.05) is 17.7 Å². The summed E-state index contributed by atoms with van der Waals surface area (Å²) in [6, 6.07) is 7.38.